The molecule has 0 aliphatic carbocycles. The molecule has 0 saturated carbocycles. The number of ether oxygens (including phenoxy) is 1. The van der Waals surface area contributed by atoms with Gasteiger partial charge in [-0.25, -0.2) is 0 Å². The highest BCUT2D eigenvalue weighted by atomic mass is 16.7. The Morgan fingerprint density at radius 2 is 1.90 bits per heavy atom. The number of hydrogen-bond donors (Lipinski definition) is 1. The van der Waals surface area contributed by atoms with Crippen LogP contribution in [0.1, 0.15) is 38.3 Å². The molecule has 1 saturated heterocycles. The number of hydroxylamine groups is 2. The normalized spacial score (nSPS) is 18.9. The lowest BCUT2D eigenvalue weighted by atomic mass is 10.0. The van der Waals surface area contributed by atoms with Gasteiger partial charge in [0.1, 0.15) is 5.75 Å². The first-order valence-electron chi connectivity index (χ1n) is 7.50. The Hall–Kier alpha value is -1.10. The summed E-state index contributed by atoms with van der Waals surface area (Å²) in [6.07, 6.45) is 2.27. The summed E-state index contributed by atoms with van der Waals surface area (Å²) in [7, 11) is 1.75. The van der Waals surface area contributed by atoms with Crippen LogP contribution in [0.2, 0.25) is 0 Å². The van der Waals surface area contributed by atoms with Crippen LogP contribution in [0.15, 0.2) is 24.3 Å². The number of benzene rings is 1. The Bertz CT molecular complexity index is 386. The second kappa shape index (κ2) is 7.62. The van der Waals surface area contributed by atoms with E-state index in [0.29, 0.717) is 18.7 Å². The third-order valence-corrected chi connectivity index (χ3v) is 3.89. The van der Waals surface area contributed by atoms with Gasteiger partial charge in [-0.3, -0.25) is 0 Å². The molecule has 0 radical (unpaired) electrons. The second-order valence-electron chi connectivity index (χ2n) is 5.28. The quantitative estimate of drug-likeness (QED) is 0.867. The van der Waals surface area contributed by atoms with Crippen LogP contribution in [-0.4, -0.2) is 37.9 Å². The van der Waals surface area contributed by atoms with Crippen LogP contribution in [0, 0.1) is 0 Å². The highest BCUT2D eigenvalue weighted by Gasteiger charge is 2.20. The van der Waals surface area contributed by atoms with Gasteiger partial charge in [-0.1, -0.05) is 12.1 Å². The van der Waals surface area contributed by atoms with E-state index < -0.39 is 0 Å². The summed E-state index contributed by atoms with van der Waals surface area (Å²) in [5.41, 5.74) is 1.31. The highest BCUT2D eigenvalue weighted by Crippen LogP contribution is 2.20. The van der Waals surface area contributed by atoms with E-state index in [2.05, 4.69) is 24.4 Å². The first kappa shape index (κ1) is 15.3. The number of piperidine rings is 1. The van der Waals surface area contributed by atoms with Crippen molar-refractivity contribution in [3.63, 3.8) is 0 Å². The van der Waals surface area contributed by atoms with Crippen LogP contribution in [0.3, 0.4) is 0 Å². The third-order valence-electron chi connectivity index (χ3n) is 3.89. The zero-order chi connectivity index (χ0) is 14.4. The van der Waals surface area contributed by atoms with Crippen molar-refractivity contribution in [3.05, 3.63) is 29.8 Å². The highest BCUT2D eigenvalue weighted by molar-refractivity contribution is 5.29. The van der Waals surface area contributed by atoms with E-state index in [4.69, 9.17) is 9.57 Å². The van der Waals surface area contributed by atoms with Gasteiger partial charge in [0.2, 0.25) is 0 Å². The summed E-state index contributed by atoms with van der Waals surface area (Å²) in [6.45, 7) is 6.95. The fourth-order valence-electron chi connectivity index (χ4n) is 2.67. The van der Waals surface area contributed by atoms with Gasteiger partial charge >= 0.3 is 0 Å². The van der Waals surface area contributed by atoms with Crippen molar-refractivity contribution in [3.8, 4) is 5.75 Å². The predicted octanol–water partition coefficient (Wildman–Crippen LogP) is 2.76. The maximum atomic E-state index is 5.47. The minimum absolute atomic E-state index is 0.366. The first-order chi connectivity index (χ1) is 9.72. The van der Waals surface area contributed by atoms with Gasteiger partial charge in [0, 0.05) is 25.2 Å². The van der Waals surface area contributed by atoms with Gasteiger partial charge in [-0.2, -0.15) is 5.06 Å². The summed E-state index contributed by atoms with van der Waals surface area (Å²) in [5, 5.41) is 5.74. The van der Waals surface area contributed by atoms with Gasteiger partial charge in [0.25, 0.3) is 0 Å². The van der Waals surface area contributed by atoms with Crippen LogP contribution in [0.25, 0.3) is 0 Å². The molecule has 1 aliphatic heterocycles. The molecule has 112 valence electrons. The fraction of sp³-hybridized carbons (Fsp3) is 0.625. The Morgan fingerprint density at radius 1 is 1.25 bits per heavy atom. The molecule has 20 heavy (non-hydrogen) atoms. The second-order valence-corrected chi connectivity index (χ2v) is 5.28. The van der Waals surface area contributed by atoms with Crippen molar-refractivity contribution in [2.45, 2.75) is 38.8 Å². The molecule has 1 atom stereocenters. The Balaban J connectivity index is 1.83. The SMILES string of the molecule is CCOc1ccc(C(C)NC2CCN(OC)CC2)cc1. The number of nitrogens with zero attached hydrogens (tertiary/aromatic N) is 1. The minimum atomic E-state index is 0.366. The molecule has 2 rings (SSSR count). The predicted molar refractivity (Wildman–Crippen MR) is 80.8 cm³/mol. The van der Waals surface area contributed by atoms with Crippen molar-refractivity contribution in [2.75, 3.05) is 26.8 Å². The van der Waals surface area contributed by atoms with Crippen LogP contribution in [0.4, 0.5) is 0 Å². The van der Waals surface area contributed by atoms with Crippen molar-refractivity contribution in [2.24, 2.45) is 0 Å². The summed E-state index contributed by atoms with van der Waals surface area (Å²) in [6, 6.07) is 9.32. The first-order valence-corrected chi connectivity index (χ1v) is 7.50. The molecule has 1 aromatic rings. The molecular weight excluding hydrogens is 252 g/mol. The van der Waals surface area contributed by atoms with E-state index in [1.54, 1.807) is 7.11 Å². The van der Waals surface area contributed by atoms with Crippen molar-refractivity contribution >= 4 is 0 Å². The molecule has 1 fully saturated rings. The van der Waals surface area contributed by atoms with E-state index in [-0.39, 0.29) is 0 Å². The van der Waals surface area contributed by atoms with Crippen molar-refractivity contribution in [1.82, 2.24) is 10.4 Å². The van der Waals surface area contributed by atoms with Gasteiger partial charge in [-0.05, 0) is 44.4 Å². The Kier molecular flexibility index (Phi) is 5.83. The van der Waals surface area contributed by atoms with E-state index >= 15 is 0 Å². The zero-order valence-corrected chi connectivity index (χ0v) is 12.8. The number of hydrogen-bond acceptors (Lipinski definition) is 4. The van der Waals surface area contributed by atoms with E-state index in [9.17, 15) is 0 Å². The van der Waals surface area contributed by atoms with Gasteiger partial charge in [-0.15, -0.1) is 0 Å². The average Bonchev–Trinajstić information content (AvgIpc) is 2.49. The molecule has 1 unspecified atom stereocenters. The molecule has 1 heterocycles. The van der Waals surface area contributed by atoms with Crippen molar-refractivity contribution in [1.29, 1.82) is 0 Å². The molecular formula is C16H26N2O2. The maximum absolute atomic E-state index is 5.47. The van der Waals surface area contributed by atoms with Crippen molar-refractivity contribution < 1.29 is 9.57 Å². The monoisotopic (exact) mass is 278 g/mol. The lowest BCUT2D eigenvalue weighted by molar-refractivity contribution is -0.144. The lowest BCUT2D eigenvalue weighted by Crippen LogP contribution is -2.42. The molecule has 0 spiro atoms. The molecule has 1 N–H and O–H groups in total. The van der Waals surface area contributed by atoms with Crippen LogP contribution in [-0.2, 0) is 4.84 Å². The average molecular weight is 278 g/mol. The summed E-state index contributed by atoms with van der Waals surface area (Å²) in [4.78, 5) is 5.26. The van der Waals surface area contributed by atoms with Crippen LogP contribution in [0.5, 0.6) is 5.75 Å². The minimum Gasteiger partial charge on any atom is -0.494 e. The summed E-state index contributed by atoms with van der Waals surface area (Å²) in [5.74, 6) is 0.942. The number of nitrogens with one attached hydrogen (secondary N) is 1. The summed E-state index contributed by atoms with van der Waals surface area (Å²) < 4.78 is 5.47. The van der Waals surface area contributed by atoms with E-state index in [1.165, 1.54) is 5.56 Å². The van der Waals surface area contributed by atoms with Crippen LogP contribution >= 0.6 is 0 Å². The topological polar surface area (TPSA) is 33.7 Å². The molecule has 1 aromatic carbocycles. The van der Waals surface area contributed by atoms with E-state index in [0.717, 1.165) is 31.7 Å². The molecule has 4 nitrogen and oxygen atoms in total. The molecule has 0 amide bonds. The van der Waals surface area contributed by atoms with Crippen LogP contribution < -0.4 is 10.1 Å². The standard InChI is InChI=1S/C16H26N2O2/c1-4-20-16-7-5-14(6-8-16)13(2)17-15-9-11-18(19-3)12-10-15/h5-8,13,15,17H,4,9-12H2,1-3H3. The molecule has 4 heteroatoms. The third kappa shape index (κ3) is 4.20. The van der Waals surface area contributed by atoms with Gasteiger partial charge in [0.05, 0.1) is 13.7 Å². The lowest BCUT2D eigenvalue weighted by Gasteiger charge is -2.32. The van der Waals surface area contributed by atoms with E-state index in [1.807, 2.05) is 24.1 Å². The molecule has 1 aliphatic rings. The number of rotatable bonds is 6. The van der Waals surface area contributed by atoms with Gasteiger partial charge < -0.3 is 14.9 Å². The van der Waals surface area contributed by atoms with Gasteiger partial charge in [0.15, 0.2) is 0 Å². The Morgan fingerprint density at radius 3 is 2.45 bits per heavy atom. The maximum Gasteiger partial charge on any atom is 0.119 e. The zero-order valence-electron chi connectivity index (χ0n) is 12.8. The fourth-order valence-corrected chi connectivity index (χ4v) is 2.67. The molecule has 0 aromatic heterocycles. The smallest absolute Gasteiger partial charge is 0.119 e. The summed E-state index contributed by atoms with van der Waals surface area (Å²) >= 11 is 0. The molecule has 0 bridgehead atoms. The largest absolute Gasteiger partial charge is 0.494 e. The Labute approximate surface area is 122 Å².